The standard InChI is InChI=1S/C20H22ClN3O2/c21-15-7-9-17(10-8-15)23-19(25)14-11-12-22-18(13-14)20(26)24-16-5-3-1-2-4-6-16/h7-13,16H,1-6H2,(H,23,25)(H,24,26). The Bertz CT molecular complexity index is 769. The maximum Gasteiger partial charge on any atom is 0.270 e. The van der Waals surface area contributed by atoms with Gasteiger partial charge in [0.05, 0.1) is 0 Å². The minimum atomic E-state index is -0.293. The van der Waals surface area contributed by atoms with Crippen LogP contribution in [0.4, 0.5) is 5.69 Å². The van der Waals surface area contributed by atoms with Crippen molar-refractivity contribution in [1.82, 2.24) is 10.3 Å². The molecule has 1 saturated carbocycles. The van der Waals surface area contributed by atoms with Crippen LogP contribution < -0.4 is 10.6 Å². The molecule has 0 saturated heterocycles. The van der Waals surface area contributed by atoms with E-state index < -0.39 is 0 Å². The lowest BCUT2D eigenvalue weighted by atomic mass is 10.1. The number of aromatic nitrogens is 1. The first-order valence-corrected chi connectivity index (χ1v) is 9.33. The topological polar surface area (TPSA) is 71.1 Å². The van der Waals surface area contributed by atoms with Crippen LogP contribution in [0.1, 0.15) is 59.4 Å². The molecule has 26 heavy (non-hydrogen) atoms. The zero-order valence-corrected chi connectivity index (χ0v) is 15.3. The average Bonchev–Trinajstić information content (AvgIpc) is 2.92. The van der Waals surface area contributed by atoms with Crippen molar-refractivity contribution in [3.63, 3.8) is 0 Å². The predicted octanol–water partition coefficient (Wildman–Crippen LogP) is 4.44. The number of carbonyl (C=O) groups is 2. The molecule has 5 nitrogen and oxygen atoms in total. The number of hydrogen-bond acceptors (Lipinski definition) is 3. The van der Waals surface area contributed by atoms with E-state index in [1.807, 2.05) is 0 Å². The lowest BCUT2D eigenvalue weighted by molar-refractivity contribution is 0.0928. The number of nitrogens with zero attached hydrogens (tertiary/aromatic N) is 1. The fourth-order valence-corrected chi connectivity index (χ4v) is 3.24. The van der Waals surface area contributed by atoms with Gasteiger partial charge in [0.2, 0.25) is 0 Å². The van der Waals surface area contributed by atoms with E-state index >= 15 is 0 Å². The van der Waals surface area contributed by atoms with Crippen molar-refractivity contribution in [3.8, 4) is 0 Å². The summed E-state index contributed by atoms with van der Waals surface area (Å²) in [6.07, 6.45) is 8.23. The molecule has 3 rings (SSSR count). The van der Waals surface area contributed by atoms with Crippen LogP contribution in [0.25, 0.3) is 0 Å². The molecule has 0 unspecified atom stereocenters. The summed E-state index contributed by atoms with van der Waals surface area (Å²) in [4.78, 5) is 29.0. The number of rotatable bonds is 4. The van der Waals surface area contributed by atoms with E-state index in [2.05, 4.69) is 15.6 Å². The van der Waals surface area contributed by atoms with Crippen molar-refractivity contribution in [3.05, 3.63) is 58.9 Å². The van der Waals surface area contributed by atoms with Crippen LogP contribution in [0.3, 0.4) is 0 Å². The number of anilines is 1. The first-order chi connectivity index (χ1) is 12.6. The average molecular weight is 372 g/mol. The molecule has 2 amide bonds. The number of carbonyl (C=O) groups excluding carboxylic acids is 2. The van der Waals surface area contributed by atoms with Crippen molar-refractivity contribution < 1.29 is 9.59 Å². The van der Waals surface area contributed by atoms with Crippen molar-refractivity contribution in [2.24, 2.45) is 0 Å². The molecule has 1 aliphatic rings. The van der Waals surface area contributed by atoms with Crippen molar-refractivity contribution in [1.29, 1.82) is 0 Å². The molecule has 0 spiro atoms. The number of pyridine rings is 1. The Labute approximate surface area is 158 Å². The molecule has 1 heterocycles. The second-order valence-corrected chi connectivity index (χ2v) is 6.99. The van der Waals surface area contributed by atoms with Gasteiger partial charge in [-0.3, -0.25) is 14.6 Å². The molecule has 2 N–H and O–H groups in total. The van der Waals surface area contributed by atoms with Gasteiger partial charge < -0.3 is 10.6 Å². The van der Waals surface area contributed by atoms with E-state index in [0.717, 1.165) is 25.7 Å². The number of nitrogens with one attached hydrogen (secondary N) is 2. The highest BCUT2D eigenvalue weighted by Gasteiger charge is 2.17. The third-order valence-corrected chi connectivity index (χ3v) is 4.80. The van der Waals surface area contributed by atoms with Crippen molar-refractivity contribution >= 4 is 29.1 Å². The molecule has 6 heteroatoms. The van der Waals surface area contributed by atoms with Crippen LogP contribution in [-0.2, 0) is 0 Å². The third-order valence-electron chi connectivity index (χ3n) is 4.55. The minimum absolute atomic E-state index is 0.193. The van der Waals surface area contributed by atoms with Gasteiger partial charge in [-0.25, -0.2) is 0 Å². The van der Waals surface area contributed by atoms with E-state index in [-0.39, 0.29) is 23.6 Å². The molecule has 0 aliphatic heterocycles. The van der Waals surface area contributed by atoms with Crippen LogP contribution >= 0.6 is 11.6 Å². The quantitative estimate of drug-likeness (QED) is 0.780. The Morgan fingerprint density at radius 3 is 2.35 bits per heavy atom. The van der Waals surface area contributed by atoms with E-state index in [1.54, 1.807) is 30.3 Å². The number of hydrogen-bond donors (Lipinski definition) is 2. The van der Waals surface area contributed by atoms with Crippen molar-refractivity contribution in [2.75, 3.05) is 5.32 Å². The molecular formula is C20H22ClN3O2. The van der Waals surface area contributed by atoms with Crippen LogP contribution in [0.5, 0.6) is 0 Å². The van der Waals surface area contributed by atoms with Gasteiger partial charge in [0.25, 0.3) is 11.8 Å². The summed E-state index contributed by atoms with van der Waals surface area (Å²) < 4.78 is 0. The van der Waals surface area contributed by atoms with Gasteiger partial charge in [-0.05, 0) is 49.2 Å². The van der Waals surface area contributed by atoms with Gasteiger partial charge in [0, 0.05) is 28.5 Å². The Morgan fingerprint density at radius 1 is 0.962 bits per heavy atom. The SMILES string of the molecule is O=C(Nc1ccc(Cl)cc1)c1ccnc(C(=O)NC2CCCCCC2)c1. The molecule has 0 bridgehead atoms. The van der Waals surface area contributed by atoms with E-state index in [9.17, 15) is 9.59 Å². The Hall–Kier alpha value is -2.40. The molecule has 0 radical (unpaired) electrons. The largest absolute Gasteiger partial charge is 0.348 e. The molecular weight excluding hydrogens is 350 g/mol. The Kier molecular flexibility index (Phi) is 6.23. The van der Waals surface area contributed by atoms with E-state index in [4.69, 9.17) is 11.6 Å². The second kappa shape index (κ2) is 8.81. The molecule has 1 fully saturated rings. The molecule has 136 valence electrons. The molecule has 1 aromatic carbocycles. The van der Waals surface area contributed by atoms with Crippen LogP contribution in [0, 0.1) is 0 Å². The van der Waals surface area contributed by atoms with Gasteiger partial charge in [-0.2, -0.15) is 0 Å². The lowest BCUT2D eigenvalue weighted by Crippen LogP contribution is -2.35. The zero-order chi connectivity index (χ0) is 18.4. The lowest BCUT2D eigenvalue weighted by Gasteiger charge is -2.16. The normalized spacial score (nSPS) is 15.1. The first-order valence-electron chi connectivity index (χ1n) is 8.95. The van der Waals surface area contributed by atoms with Crippen molar-refractivity contribution in [2.45, 2.75) is 44.6 Å². The predicted molar refractivity (Wildman–Crippen MR) is 103 cm³/mol. The Morgan fingerprint density at radius 2 is 1.65 bits per heavy atom. The van der Waals surface area contributed by atoms with Crippen LogP contribution in [0.15, 0.2) is 42.6 Å². The molecule has 0 atom stereocenters. The highest BCUT2D eigenvalue weighted by Crippen LogP contribution is 2.18. The van der Waals surface area contributed by atoms with Crippen LogP contribution in [-0.4, -0.2) is 22.8 Å². The molecule has 1 aromatic heterocycles. The monoisotopic (exact) mass is 371 g/mol. The van der Waals surface area contributed by atoms with Crippen LogP contribution in [0.2, 0.25) is 5.02 Å². The minimum Gasteiger partial charge on any atom is -0.348 e. The maximum atomic E-state index is 12.5. The summed E-state index contributed by atoms with van der Waals surface area (Å²) in [5.41, 5.74) is 1.29. The summed E-state index contributed by atoms with van der Waals surface area (Å²) in [6.45, 7) is 0. The highest BCUT2D eigenvalue weighted by molar-refractivity contribution is 6.30. The van der Waals surface area contributed by atoms with E-state index in [1.165, 1.54) is 25.1 Å². The maximum absolute atomic E-state index is 12.5. The molecule has 1 aliphatic carbocycles. The third kappa shape index (κ3) is 5.05. The fourth-order valence-electron chi connectivity index (χ4n) is 3.12. The van der Waals surface area contributed by atoms with Gasteiger partial charge in [0.1, 0.15) is 5.69 Å². The summed E-state index contributed by atoms with van der Waals surface area (Å²) >= 11 is 5.85. The summed E-state index contributed by atoms with van der Waals surface area (Å²) in [6, 6.07) is 10.2. The number of amides is 2. The summed E-state index contributed by atoms with van der Waals surface area (Å²) in [7, 11) is 0. The Balaban J connectivity index is 1.65. The van der Waals surface area contributed by atoms with Gasteiger partial charge >= 0.3 is 0 Å². The highest BCUT2D eigenvalue weighted by atomic mass is 35.5. The summed E-state index contributed by atoms with van der Waals surface area (Å²) in [5, 5.41) is 6.43. The smallest absolute Gasteiger partial charge is 0.270 e. The molecule has 2 aromatic rings. The number of halogens is 1. The summed E-state index contributed by atoms with van der Waals surface area (Å²) in [5.74, 6) is -0.517. The van der Waals surface area contributed by atoms with E-state index in [0.29, 0.717) is 16.3 Å². The van der Waals surface area contributed by atoms with Gasteiger partial charge in [-0.15, -0.1) is 0 Å². The fraction of sp³-hybridized carbons (Fsp3) is 0.350. The van der Waals surface area contributed by atoms with Gasteiger partial charge in [-0.1, -0.05) is 37.3 Å². The second-order valence-electron chi connectivity index (χ2n) is 6.55. The van der Waals surface area contributed by atoms with Gasteiger partial charge in [0.15, 0.2) is 0 Å². The zero-order valence-electron chi connectivity index (χ0n) is 14.5. The first kappa shape index (κ1) is 18.4. The number of benzene rings is 1.